The second kappa shape index (κ2) is 9.73. The normalized spacial score (nSPS) is 12.3. The standard InChI is InChI=1S/C31H34NO4/c1-19(2)21-9-7-20(8-10-21)15-25-23-11-12-27(33-3)31(36-6)26(23)18-32-14-13-22-16-28(34-4)29(35-5)17-24(22)30(25)32/h7-12,16-19H,13-15H2,1-6H3/q+1. The first-order valence-corrected chi connectivity index (χ1v) is 12.4. The second-order valence-corrected chi connectivity index (χ2v) is 9.60. The fraction of sp³-hybridized carbons (Fsp3) is 0.323. The summed E-state index contributed by atoms with van der Waals surface area (Å²) in [5.41, 5.74) is 7.55. The summed E-state index contributed by atoms with van der Waals surface area (Å²) >= 11 is 0. The van der Waals surface area contributed by atoms with Gasteiger partial charge in [0.2, 0.25) is 5.69 Å². The number of nitrogens with zero attached hydrogens (tertiary/aromatic N) is 1. The summed E-state index contributed by atoms with van der Waals surface area (Å²) < 4.78 is 25.1. The first kappa shape index (κ1) is 24.0. The van der Waals surface area contributed by atoms with E-state index in [-0.39, 0.29) is 0 Å². The lowest BCUT2D eigenvalue weighted by Gasteiger charge is -2.22. The Hall–Kier alpha value is -3.73. The van der Waals surface area contributed by atoms with Gasteiger partial charge in [-0.2, -0.15) is 4.57 Å². The van der Waals surface area contributed by atoms with Crippen LogP contribution >= 0.6 is 0 Å². The van der Waals surface area contributed by atoms with Gasteiger partial charge in [0.25, 0.3) is 0 Å². The summed E-state index contributed by atoms with van der Waals surface area (Å²) in [6.07, 6.45) is 3.92. The number of hydrogen-bond acceptors (Lipinski definition) is 4. The van der Waals surface area contributed by atoms with Crippen LogP contribution in [-0.2, 0) is 19.4 Å². The molecule has 0 saturated carbocycles. The molecule has 3 aromatic carbocycles. The fourth-order valence-corrected chi connectivity index (χ4v) is 5.35. The molecule has 5 nitrogen and oxygen atoms in total. The molecule has 1 aliphatic heterocycles. The highest BCUT2D eigenvalue weighted by Crippen LogP contribution is 2.43. The average molecular weight is 485 g/mol. The Morgan fingerprint density at radius 2 is 1.47 bits per heavy atom. The van der Waals surface area contributed by atoms with Crippen molar-refractivity contribution in [3.05, 3.63) is 77.0 Å². The van der Waals surface area contributed by atoms with Crippen LogP contribution in [0.3, 0.4) is 0 Å². The molecule has 4 aromatic rings. The van der Waals surface area contributed by atoms with Gasteiger partial charge in [-0.15, -0.1) is 0 Å². The first-order valence-electron chi connectivity index (χ1n) is 12.4. The molecule has 0 atom stereocenters. The van der Waals surface area contributed by atoms with Crippen molar-refractivity contribution in [2.75, 3.05) is 28.4 Å². The van der Waals surface area contributed by atoms with Gasteiger partial charge in [-0.25, -0.2) is 0 Å². The van der Waals surface area contributed by atoms with Crippen LogP contribution in [0, 0.1) is 0 Å². The molecule has 1 aliphatic rings. The molecule has 0 radical (unpaired) electrons. The van der Waals surface area contributed by atoms with Crippen LogP contribution in [0.1, 0.15) is 42.0 Å². The van der Waals surface area contributed by atoms with Gasteiger partial charge in [0.05, 0.1) is 39.4 Å². The molecule has 0 unspecified atom stereocenters. The third-order valence-corrected chi connectivity index (χ3v) is 7.28. The summed E-state index contributed by atoms with van der Waals surface area (Å²) in [5.74, 6) is 3.51. The molecular weight excluding hydrogens is 450 g/mol. The number of aryl methyl sites for hydroxylation is 2. The molecule has 2 heterocycles. The zero-order chi connectivity index (χ0) is 25.4. The van der Waals surface area contributed by atoms with E-state index in [1.54, 1.807) is 28.4 Å². The number of aromatic nitrogens is 1. The molecule has 0 N–H and O–H groups in total. The van der Waals surface area contributed by atoms with Crippen LogP contribution in [0.25, 0.3) is 22.0 Å². The van der Waals surface area contributed by atoms with Crippen molar-refractivity contribution < 1.29 is 23.5 Å². The lowest BCUT2D eigenvalue weighted by Crippen LogP contribution is -2.41. The van der Waals surface area contributed by atoms with Crippen LogP contribution < -0.4 is 23.5 Å². The number of methoxy groups -OCH3 is 4. The second-order valence-electron chi connectivity index (χ2n) is 9.60. The highest BCUT2D eigenvalue weighted by atomic mass is 16.5. The monoisotopic (exact) mass is 484 g/mol. The fourth-order valence-electron chi connectivity index (χ4n) is 5.35. The van der Waals surface area contributed by atoms with E-state index in [0.717, 1.165) is 53.2 Å². The van der Waals surface area contributed by atoms with Crippen molar-refractivity contribution in [2.45, 2.75) is 39.2 Å². The van der Waals surface area contributed by atoms with E-state index < -0.39 is 0 Å². The molecule has 0 spiro atoms. The molecule has 5 heteroatoms. The van der Waals surface area contributed by atoms with E-state index in [2.05, 4.69) is 67.1 Å². The Labute approximate surface area is 213 Å². The largest absolute Gasteiger partial charge is 0.493 e. The maximum atomic E-state index is 5.85. The number of benzene rings is 3. The van der Waals surface area contributed by atoms with E-state index >= 15 is 0 Å². The number of rotatable bonds is 7. The van der Waals surface area contributed by atoms with E-state index in [4.69, 9.17) is 18.9 Å². The Kier molecular flexibility index (Phi) is 6.48. The van der Waals surface area contributed by atoms with Gasteiger partial charge in [-0.1, -0.05) is 38.1 Å². The molecule has 186 valence electrons. The van der Waals surface area contributed by atoms with Gasteiger partial charge < -0.3 is 18.9 Å². The molecule has 0 aliphatic carbocycles. The van der Waals surface area contributed by atoms with E-state index in [9.17, 15) is 0 Å². The molecule has 0 fully saturated rings. The minimum absolute atomic E-state index is 0.506. The van der Waals surface area contributed by atoms with Gasteiger partial charge in [0.15, 0.2) is 35.7 Å². The molecule has 36 heavy (non-hydrogen) atoms. The van der Waals surface area contributed by atoms with Crippen molar-refractivity contribution in [3.63, 3.8) is 0 Å². The van der Waals surface area contributed by atoms with Crippen molar-refractivity contribution in [2.24, 2.45) is 0 Å². The number of fused-ring (bicyclic) bond motifs is 4. The van der Waals surface area contributed by atoms with Gasteiger partial charge in [0, 0.05) is 23.8 Å². The highest BCUT2D eigenvalue weighted by Gasteiger charge is 2.31. The summed E-state index contributed by atoms with van der Waals surface area (Å²) in [6.45, 7) is 5.32. The Balaban J connectivity index is 1.79. The predicted octanol–water partition coefficient (Wildman–Crippen LogP) is 6.10. The molecule has 5 rings (SSSR count). The van der Waals surface area contributed by atoms with Gasteiger partial charge in [-0.05, 0) is 46.9 Å². The van der Waals surface area contributed by atoms with Crippen LogP contribution in [0.15, 0.2) is 54.7 Å². The van der Waals surface area contributed by atoms with Crippen molar-refractivity contribution in [1.82, 2.24) is 0 Å². The quantitative estimate of drug-likeness (QED) is 0.297. The average Bonchev–Trinajstić information content (AvgIpc) is 2.91. The van der Waals surface area contributed by atoms with Crippen LogP contribution in [0.2, 0.25) is 0 Å². The van der Waals surface area contributed by atoms with E-state index in [0.29, 0.717) is 5.92 Å². The van der Waals surface area contributed by atoms with E-state index in [1.165, 1.54) is 33.5 Å². The SMILES string of the molecule is COc1cc2c(cc1OC)-c1c(Cc3ccc(C(C)C)cc3)c3ccc(OC)c(OC)c3c[n+]1CC2. The van der Waals surface area contributed by atoms with Gasteiger partial charge in [-0.3, -0.25) is 0 Å². The first-order chi connectivity index (χ1) is 17.5. The van der Waals surface area contributed by atoms with Crippen LogP contribution in [0.4, 0.5) is 0 Å². The maximum absolute atomic E-state index is 5.85. The summed E-state index contributed by atoms with van der Waals surface area (Å²) in [7, 11) is 6.77. The lowest BCUT2D eigenvalue weighted by atomic mass is 9.88. The van der Waals surface area contributed by atoms with Crippen LogP contribution in [0.5, 0.6) is 23.0 Å². The Morgan fingerprint density at radius 3 is 2.11 bits per heavy atom. The number of pyridine rings is 1. The van der Waals surface area contributed by atoms with Crippen molar-refractivity contribution >= 4 is 10.8 Å². The molecule has 0 bridgehead atoms. The number of ether oxygens (including phenoxy) is 4. The summed E-state index contributed by atoms with van der Waals surface area (Å²) in [5, 5.41) is 2.22. The summed E-state index contributed by atoms with van der Waals surface area (Å²) in [6, 6.07) is 17.4. The van der Waals surface area contributed by atoms with E-state index in [1.807, 2.05) is 6.07 Å². The predicted molar refractivity (Wildman–Crippen MR) is 143 cm³/mol. The maximum Gasteiger partial charge on any atom is 0.217 e. The smallest absolute Gasteiger partial charge is 0.217 e. The van der Waals surface area contributed by atoms with Crippen molar-refractivity contribution in [1.29, 1.82) is 0 Å². The zero-order valence-corrected chi connectivity index (χ0v) is 22.0. The van der Waals surface area contributed by atoms with Crippen molar-refractivity contribution in [3.8, 4) is 34.3 Å². The third-order valence-electron chi connectivity index (χ3n) is 7.28. The summed E-state index contributed by atoms with van der Waals surface area (Å²) in [4.78, 5) is 0. The molecular formula is C31H34NO4+. The molecule has 1 aromatic heterocycles. The van der Waals surface area contributed by atoms with Crippen LogP contribution in [-0.4, -0.2) is 28.4 Å². The van der Waals surface area contributed by atoms with Gasteiger partial charge in [0.1, 0.15) is 0 Å². The Morgan fingerprint density at radius 1 is 0.778 bits per heavy atom. The topological polar surface area (TPSA) is 40.8 Å². The molecule has 0 amide bonds. The Bertz CT molecular complexity index is 1420. The number of hydrogen-bond donors (Lipinski definition) is 0. The highest BCUT2D eigenvalue weighted by molar-refractivity contribution is 5.95. The minimum Gasteiger partial charge on any atom is -0.493 e. The molecule has 0 saturated heterocycles. The van der Waals surface area contributed by atoms with Gasteiger partial charge >= 0.3 is 0 Å². The zero-order valence-electron chi connectivity index (χ0n) is 22.0. The third kappa shape index (κ3) is 4.02. The lowest BCUT2D eigenvalue weighted by molar-refractivity contribution is -0.686. The minimum atomic E-state index is 0.506.